The number of fused-ring (bicyclic) bond motifs is 1. The molecule has 4 rings (SSSR count). The normalized spacial score (nSPS) is 12.2. The summed E-state index contributed by atoms with van der Waals surface area (Å²) in [5.41, 5.74) is 12.2. The van der Waals surface area contributed by atoms with Crippen molar-refractivity contribution in [2.75, 3.05) is 19.5 Å². The lowest BCUT2D eigenvalue weighted by Gasteiger charge is -2.23. The number of nitrogens with zero attached hydrogens (tertiary/aromatic N) is 3. The number of hydrogen-bond donors (Lipinski definition) is 1. The topological polar surface area (TPSA) is 74.7 Å². The number of nitrogen functional groups attached to an aromatic ring is 1. The molecule has 2 N–H and O–H groups in total. The third-order valence-corrected chi connectivity index (χ3v) is 6.18. The summed E-state index contributed by atoms with van der Waals surface area (Å²) >= 11 is 6.43. The van der Waals surface area contributed by atoms with Crippen LogP contribution in [0.15, 0.2) is 42.7 Å². The van der Waals surface area contributed by atoms with Crippen molar-refractivity contribution in [3.8, 4) is 22.6 Å². The van der Waals surface area contributed by atoms with Crippen LogP contribution < -0.4 is 15.2 Å². The Labute approximate surface area is 193 Å². The summed E-state index contributed by atoms with van der Waals surface area (Å²) < 4.78 is 13.5. The largest absolute Gasteiger partial charge is 0.497 e. The fraction of sp³-hybridized carbons (Fsp3) is 0.280. The van der Waals surface area contributed by atoms with Crippen molar-refractivity contribution in [3.63, 3.8) is 0 Å². The number of hydrogen-bond acceptors (Lipinski definition) is 5. The van der Waals surface area contributed by atoms with E-state index in [1.165, 1.54) is 11.1 Å². The number of aromatic nitrogens is 3. The fourth-order valence-corrected chi connectivity index (χ4v) is 4.41. The maximum Gasteiger partial charge on any atom is 0.158 e. The van der Waals surface area contributed by atoms with Crippen LogP contribution in [0.4, 0.5) is 5.82 Å². The van der Waals surface area contributed by atoms with Crippen LogP contribution in [-0.4, -0.2) is 28.1 Å². The number of halogens is 1. The Kier molecular flexibility index (Phi) is 5.98. The van der Waals surface area contributed by atoms with Gasteiger partial charge in [-0.05, 0) is 49.6 Å². The monoisotopic (exact) mass is 450 g/mol. The highest BCUT2D eigenvalue weighted by atomic mass is 35.5. The molecule has 0 saturated carbocycles. The number of aryl methyl sites for hydroxylation is 1. The minimum atomic E-state index is -0.102. The summed E-state index contributed by atoms with van der Waals surface area (Å²) in [6.45, 7) is 8.89. The van der Waals surface area contributed by atoms with Crippen LogP contribution in [0.2, 0.25) is 5.15 Å². The van der Waals surface area contributed by atoms with Crippen molar-refractivity contribution >= 4 is 22.9 Å². The van der Waals surface area contributed by atoms with Gasteiger partial charge in [0.15, 0.2) is 11.0 Å². The van der Waals surface area contributed by atoms with Crippen LogP contribution in [0.3, 0.4) is 0 Å². The third kappa shape index (κ3) is 3.65. The zero-order chi connectivity index (χ0) is 23.0. The molecule has 166 valence electrons. The second kappa shape index (κ2) is 8.71. The average Bonchev–Trinajstić information content (AvgIpc) is 3.14. The molecule has 4 aromatic rings. The Balaban J connectivity index is 1.95. The predicted molar refractivity (Wildman–Crippen MR) is 129 cm³/mol. The number of rotatable bonds is 6. The molecule has 32 heavy (non-hydrogen) atoms. The van der Waals surface area contributed by atoms with Gasteiger partial charge in [0.1, 0.15) is 22.8 Å². The minimum Gasteiger partial charge on any atom is -0.497 e. The molecule has 6 nitrogen and oxygen atoms in total. The molecular formula is C25H27ClN4O2. The molecule has 2 aromatic heterocycles. The van der Waals surface area contributed by atoms with Crippen molar-refractivity contribution in [1.82, 2.24) is 14.4 Å². The van der Waals surface area contributed by atoms with Crippen molar-refractivity contribution in [1.29, 1.82) is 0 Å². The molecule has 7 heteroatoms. The number of ether oxygens (including phenoxy) is 2. The van der Waals surface area contributed by atoms with Gasteiger partial charge in [0.05, 0.1) is 13.7 Å². The molecule has 0 spiro atoms. The van der Waals surface area contributed by atoms with Gasteiger partial charge < -0.3 is 15.2 Å². The molecule has 0 fully saturated rings. The van der Waals surface area contributed by atoms with E-state index in [4.69, 9.17) is 26.8 Å². The van der Waals surface area contributed by atoms with Crippen LogP contribution in [0.1, 0.15) is 42.3 Å². The first-order valence-corrected chi connectivity index (χ1v) is 10.9. The van der Waals surface area contributed by atoms with Gasteiger partial charge in [-0.25, -0.2) is 9.97 Å². The van der Waals surface area contributed by atoms with Crippen LogP contribution in [0.25, 0.3) is 16.6 Å². The Morgan fingerprint density at radius 1 is 1.19 bits per heavy atom. The molecule has 0 bridgehead atoms. The van der Waals surface area contributed by atoms with Crippen LogP contribution >= 0.6 is 11.6 Å². The molecule has 0 aliphatic heterocycles. The lowest BCUT2D eigenvalue weighted by Crippen LogP contribution is -2.09. The summed E-state index contributed by atoms with van der Waals surface area (Å²) in [5, 5.41) is 0.342. The summed E-state index contributed by atoms with van der Waals surface area (Å²) in [6.07, 6.45) is 3.49. The molecule has 2 aromatic carbocycles. The summed E-state index contributed by atoms with van der Waals surface area (Å²) in [4.78, 5) is 8.79. The van der Waals surface area contributed by atoms with Crippen molar-refractivity contribution < 1.29 is 9.47 Å². The fourth-order valence-electron chi connectivity index (χ4n) is 4.13. The van der Waals surface area contributed by atoms with Gasteiger partial charge >= 0.3 is 0 Å². The van der Waals surface area contributed by atoms with Gasteiger partial charge in [-0.15, -0.1) is 0 Å². The molecule has 1 atom stereocenters. The number of anilines is 1. The van der Waals surface area contributed by atoms with E-state index in [1.54, 1.807) is 13.3 Å². The highest BCUT2D eigenvalue weighted by Crippen LogP contribution is 2.43. The molecule has 0 saturated heterocycles. The van der Waals surface area contributed by atoms with Crippen molar-refractivity contribution in [2.24, 2.45) is 0 Å². The van der Waals surface area contributed by atoms with E-state index in [2.05, 4.69) is 48.9 Å². The third-order valence-electron chi connectivity index (χ3n) is 5.92. The van der Waals surface area contributed by atoms with Crippen molar-refractivity contribution in [3.05, 3.63) is 70.4 Å². The standard InChI is InChI=1S/C25H27ClN4O2/c1-6-32-22-19(16(4)25-29-23(26)21-24(27)28-11-12-30(21)25)13-14(2)15(3)20(22)17-7-9-18(31-5)10-8-17/h7-13,16H,6H2,1-5H3,(H2,27,28). The van der Waals surface area contributed by atoms with Gasteiger partial charge in [-0.2, -0.15) is 0 Å². The van der Waals surface area contributed by atoms with Gasteiger partial charge in [0.25, 0.3) is 0 Å². The first kappa shape index (κ1) is 22.0. The maximum absolute atomic E-state index is 6.43. The summed E-state index contributed by atoms with van der Waals surface area (Å²) in [7, 11) is 1.67. The average molecular weight is 451 g/mol. The summed E-state index contributed by atoms with van der Waals surface area (Å²) in [5.74, 6) is 2.70. The van der Waals surface area contributed by atoms with Crippen molar-refractivity contribution in [2.45, 2.75) is 33.6 Å². The molecule has 1 unspecified atom stereocenters. The lowest BCUT2D eigenvalue weighted by atomic mass is 9.88. The zero-order valence-corrected chi connectivity index (χ0v) is 19.7. The van der Waals surface area contributed by atoms with Crippen LogP contribution in [0, 0.1) is 13.8 Å². The number of imidazole rings is 1. The van der Waals surface area contributed by atoms with E-state index in [-0.39, 0.29) is 5.92 Å². The minimum absolute atomic E-state index is 0.102. The maximum atomic E-state index is 6.43. The molecule has 0 aliphatic carbocycles. The van der Waals surface area contributed by atoms with E-state index in [0.717, 1.165) is 34.0 Å². The van der Waals surface area contributed by atoms with Gasteiger partial charge in [0, 0.05) is 29.4 Å². The van der Waals surface area contributed by atoms with Crippen LogP contribution in [-0.2, 0) is 0 Å². The van der Waals surface area contributed by atoms with E-state index in [0.29, 0.717) is 23.1 Å². The molecular weight excluding hydrogens is 424 g/mol. The Hall–Kier alpha value is -3.25. The van der Waals surface area contributed by atoms with E-state index < -0.39 is 0 Å². The Bertz CT molecular complexity index is 1280. The number of nitrogens with two attached hydrogens (primary N) is 1. The SMILES string of the molecule is CCOc1c(C(C)c2nc(Cl)c3c(N)nccn23)cc(C)c(C)c1-c1ccc(OC)cc1. The predicted octanol–water partition coefficient (Wildman–Crippen LogP) is 5.81. The Morgan fingerprint density at radius 3 is 2.56 bits per heavy atom. The zero-order valence-electron chi connectivity index (χ0n) is 18.9. The highest BCUT2D eigenvalue weighted by Gasteiger charge is 2.25. The van der Waals surface area contributed by atoms with Gasteiger partial charge in [-0.3, -0.25) is 4.40 Å². The second-order valence-electron chi connectivity index (χ2n) is 7.79. The van der Waals surface area contributed by atoms with Gasteiger partial charge in [0.2, 0.25) is 0 Å². The number of benzene rings is 2. The second-order valence-corrected chi connectivity index (χ2v) is 8.14. The highest BCUT2D eigenvalue weighted by molar-refractivity contribution is 6.33. The van der Waals surface area contributed by atoms with E-state index >= 15 is 0 Å². The lowest BCUT2D eigenvalue weighted by molar-refractivity contribution is 0.336. The van der Waals surface area contributed by atoms with Crippen LogP contribution in [0.5, 0.6) is 11.5 Å². The smallest absolute Gasteiger partial charge is 0.158 e. The molecule has 0 radical (unpaired) electrons. The molecule has 0 amide bonds. The molecule has 2 heterocycles. The quantitative estimate of drug-likeness (QED) is 0.401. The first-order chi connectivity index (χ1) is 15.4. The summed E-state index contributed by atoms with van der Waals surface area (Å²) in [6, 6.07) is 10.2. The number of methoxy groups -OCH3 is 1. The Morgan fingerprint density at radius 2 is 1.91 bits per heavy atom. The molecule has 0 aliphatic rings. The van der Waals surface area contributed by atoms with Gasteiger partial charge in [-0.1, -0.05) is 36.7 Å². The van der Waals surface area contributed by atoms with E-state index in [1.807, 2.05) is 29.7 Å². The van der Waals surface area contributed by atoms with E-state index in [9.17, 15) is 0 Å². The first-order valence-electron chi connectivity index (χ1n) is 10.6.